The molecule has 0 unspecified atom stereocenters. The van der Waals surface area contributed by atoms with Crippen LogP contribution in [0.3, 0.4) is 0 Å². The lowest BCUT2D eigenvalue weighted by atomic mass is 10.1. The summed E-state index contributed by atoms with van der Waals surface area (Å²) in [5.74, 6) is -3.08. The number of nitrogens with one attached hydrogen (secondary N) is 1. The fourth-order valence-electron chi connectivity index (χ4n) is 1.59. The molecule has 0 aliphatic heterocycles. The van der Waals surface area contributed by atoms with Crippen LogP contribution in [0.1, 0.15) is 15.9 Å². The molecule has 0 radical (unpaired) electrons. The Balaban J connectivity index is 2.07. The lowest BCUT2D eigenvalue weighted by molar-refractivity contribution is 0.0942. The van der Waals surface area contributed by atoms with Gasteiger partial charge in [-0.15, -0.1) is 0 Å². The van der Waals surface area contributed by atoms with Crippen LogP contribution < -0.4 is 5.32 Å². The average Bonchev–Trinajstić information content (AvgIpc) is 2.38. The topological polar surface area (TPSA) is 29.1 Å². The summed E-state index contributed by atoms with van der Waals surface area (Å²) in [5, 5.41) is 2.37. The molecule has 0 saturated heterocycles. The Hall–Kier alpha value is -2.30. The van der Waals surface area contributed by atoms with Crippen molar-refractivity contribution in [2.75, 3.05) is 0 Å². The molecule has 1 amide bonds. The fourth-order valence-corrected chi connectivity index (χ4v) is 1.59. The van der Waals surface area contributed by atoms with Crippen LogP contribution >= 0.6 is 0 Å². The van der Waals surface area contributed by atoms with Gasteiger partial charge in [-0.3, -0.25) is 4.79 Å². The van der Waals surface area contributed by atoms with Crippen molar-refractivity contribution in [3.8, 4) is 0 Å². The second kappa shape index (κ2) is 5.56. The van der Waals surface area contributed by atoms with Gasteiger partial charge in [-0.2, -0.15) is 0 Å². The van der Waals surface area contributed by atoms with Gasteiger partial charge >= 0.3 is 0 Å². The summed E-state index contributed by atoms with van der Waals surface area (Å²) < 4.78 is 39.3. The third kappa shape index (κ3) is 3.13. The zero-order chi connectivity index (χ0) is 13.8. The van der Waals surface area contributed by atoms with E-state index in [2.05, 4.69) is 5.32 Å². The van der Waals surface area contributed by atoms with E-state index in [1.165, 1.54) is 30.3 Å². The van der Waals surface area contributed by atoms with Gasteiger partial charge in [0.25, 0.3) is 5.91 Å². The second-order valence-electron chi connectivity index (χ2n) is 3.91. The van der Waals surface area contributed by atoms with Crippen molar-refractivity contribution in [3.05, 3.63) is 71.0 Å². The maximum absolute atomic E-state index is 13.3. The van der Waals surface area contributed by atoms with Crippen LogP contribution in [-0.4, -0.2) is 5.91 Å². The quantitative estimate of drug-likeness (QED) is 0.908. The SMILES string of the molecule is O=C(NCc1ccc(F)cc1)c1c(F)cccc1F. The van der Waals surface area contributed by atoms with Crippen molar-refractivity contribution in [1.82, 2.24) is 5.32 Å². The number of hydrogen-bond donors (Lipinski definition) is 1. The van der Waals surface area contributed by atoms with E-state index in [1.807, 2.05) is 0 Å². The summed E-state index contributed by atoms with van der Waals surface area (Å²) >= 11 is 0. The molecule has 0 heterocycles. The molecule has 0 atom stereocenters. The van der Waals surface area contributed by atoms with Gasteiger partial charge in [-0.25, -0.2) is 13.2 Å². The molecule has 0 aliphatic carbocycles. The van der Waals surface area contributed by atoms with E-state index in [0.717, 1.165) is 12.1 Å². The number of amides is 1. The minimum atomic E-state index is -0.920. The summed E-state index contributed by atoms with van der Waals surface area (Å²) in [6.07, 6.45) is 0. The van der Waals surface area contributed by atoms with Gasteiger partial charge in [0.15, 0.2) is 0 Å². The molecular weight excluding hydrogens is 255 g/mol. The molecule has 2 nitrogen and oxygen atoms in total. The summed E-state index contributed by atoms with van der Waals surface area (Å²) in [4.78, 5) is 11.7. The second-order valence-corrected chi connectivity index (χ2v) is 3.91. The molecule has 2 aromatic carbocycles. The van der Waals surface area contributed by atoms with Gasteiger partial charge in [0, 0.05) is 6.54 Å². The summed E-state index contributed by atoms with van der Waals surface area (Å²) in [6, 6.07) is 8.64. The first kappa shape index (κ1) is 13.1. The van der Waals surface area contributed by atoms with Gasteiger partial charge in [-0.1, -0.05) is 18.2 Å². The molecule has 0 spiro atoms. The third-order valence-electron chi connectivity index (χ3n) is 2.56. The van der Waals surface area contributed by atoms with Gasteiger partial charge in [-0.05, 0) is 29.8 Å². The highest BCUT2D eigenvalue weighted by Gasteiger charge is 2.16. The first-order chi connectivity index (χ1) is 9.08. The molecule has 0 bridgehead atoms. The van der Waals surface area contributed by atoms with Crippen LogP contribution in [0.15, 0.2) is 42.5 Å². The first-order valence-corrected chi connectivity index (χ1v) is 5.54. The lowest BCUT2D eigenvalue weighted by Crippen LogP contribution is -2.25. The van der Waals surface area contributed by atoms with Crippen LogP contribution in [0.4, 0.5) is 13.2 Å². The molecule has 5 heteroatoms. The van der Waals surface area contributed by atoms with E-state index in [-0.39, 0.29) is 6.54 Å². The zero-order valence-corrected chi connectivity index (χ0v) is 9.79. The van der Waals surface area contributed by atoms with Crippen LogP contribution in [0, 0.1) is 17.5 Å². The highest BCUT2D eigenvalue weighted by molar-refractivity contribution is 5.94. The number of rotatable bonds is 3. The van der Waals surface area contributed by atoms with Crippen molar-refractivity contribution in [2.45, 2.75) is 6.54 Å². The lowest BCUT2D eigenvalue weighted by Gasteiger charge is -2.07. The maximum atomic E-state index is 13.3. The Morgan fingerprint density at radius 1 is 0.947 bits per heavy atom. The predicted molar refractivity (Wildman–Crippen MR) is 63.9 cm³/mol. The van der Waals surface area contributed by atoms with Crippen molar-refractivity contribution in [3.63, 3.8) is 0 Å². The molecule has 2 aromatic rings. The van der Waals surface area contributed by atoms with Crippen LogP contribution in [0.2, 0.25) is 0 Å². The normalized spacial score (nSPS) is 10.3. The zero-order valence-electron chi connectivity index (χ0n) is 9.79. The standard InChI is InChI=1S/C14H10F3NO/c15-10-6-4-9(5-7-10)8-18-14(19)13-11(16)2-1-3-12(13)17/h1-7H,8H2,(H,18,19). The van der Waals surface area contributed by atoms with Crippen molar-refractivity contribution >= 4 is 5.91 Å². The maximum Gasteiger partial charge on any atom is 0.257 e. The van der Waals surface area contributed by atoms with Crippen molar-refractivity contribution in [2.24, 2.45) is 0 Å². The highest BCUT2D eigenvalue weighted by Crippen LogP contribution is 2.12. The van der Waals surface area contributed by atoms with Crippen LogP contribution in [0.5, 0.6) is 0 Å². The number of carbonyl (C=O) groups is 1. The molecule has 1 N–H and O–H groups in total. The van der Waals surface area contributed by atoms with Gasteiger partial charge in [0.1, 0.15) is 23.0 Å². The molecule has 0 aromatic heterocycles. The predicted octanol–water partition coefficient (Wildman–Crippen LogP) is 3.03. The molecule has 19 heavy (non-hydrogen) atoms. The van der Waals surface area contributed by atoms with Gasteiger partial charge < -0.3 is 5.32 Å². The van der Waals surface area contributed by atoms with Gasteiger partial charge in [0.05, 0.1) is 0 Å². The monoisotopic (exact) mass is 265 g/mol. The average molecular weight is 265 g/mol. The molecular formula is C14H10F3NO. The summed E-state index contributed by atoms with van der Waals surface area (Å²) in [6.45, 7) is 0.0624. The number of benzene rings is 2. The Morgan fingerprint density at radius 2 is 1.53 bits per heavy atom. The largest absolute Gasteiger partial charge is 0.348 e. The highest BCUT2D eigenvalue weighted by atomic mass is 19.1. The van der Waals surface area contributed by atoms with E-state index < -0.39 is 28.9 Å². The van der Waals surface area contributed by atoms with Crippen LogP contribution in [0.25, 0.3) is 0 Å². The van der Waals surface area contributed by atoms with E-state index in [0.29, 0.717) is 5.56 Å². The molecule has 2 rings (SSSR count). The summed E-state index contributed by atoms with van der Waals surface area (Å²) in [5.41, 5.74) is 0.0103. The summed E-state index contributed by atoms with van der Waals surface area (Å²) in [7, 11) is 0. The minimum absolute atomic E-state index is 0.0624. The number of halogens is 3. The molecule has 0 saturated carbocycles. The van der Waals surface area contributed by atoms with E-state index in [4.69, 9.17) is 0 Å². The van der Waals surface area contributed by atoms with Crippen LogP contribution in [-0.2, 0) is 6.54 Å². The Kier molecular flexibility index (Phi) is 3.85. The number of hydrogen-bond acceptors (Lipinski definition) is 1. The van der Waals surface area contributed by atoms with Crippen molar-refractivity contribution in [1.29, 1.82) is 0 Å². The minimum Gasteiger partial charge on any atom is -0.348 e. The Labute approximate surface area is 107 Å². The van der Waals surface area contributed by atoms with E-state index in [1.54, 1.807) is 0 Å². The molecule has 0 fully saturated rings. The molecule has 98 valence electrons. The molecule has 0 aliphatic rings. The third-order valence-corrected chi connectivity index (χ3v) is 2.56. The van der Waals surface area contributed by atoms with E-state index >= 15 is 0 Å². The smallest absolute Gasteiger partial charge is 0.257 e. The Morgan fingerprint density at radius 3 is 2.11 bits per heavy atom. The fraction of sp³-hybridized carbons (Fsp3) is 0.0714. The number of carbonyl (C=O) groups excluding carboxylic acids is 1. The van der Waals surface area contributed by atoms with E-state index in [9.17, 15) is 18.0 Å². The first-order valence-electron chi connectivity index (χ1n) is 5.54. The van der Waals surface area contributed by atoms with Gasteiger partial charge in [0.2, 0.25) is 0 Å². The Bertz CT molecular complexity index is 576. The van der Waals surface area contributed by atoms with Crippen molar-refractivity contribution < 1.29 is 18.0 Å².